The minimum atomic E-state index is -0.738. The predicted molar refractivity (Wildman–Crippen MR) is 71.3 cm³/mol. The monoisotopic (exact) mass is 334 g/mol. The van der Waals surface area contributed by atoms with Crippen molar-refractivity contribution in [2.75, 3.05) is 13.9 Å². The van der Waals surface area contributed by atoms with Crippen LogP contribution in [0.1, 0.15) is 11.7 Å². The highest BCUT2D eigenvalue weighted by Gasteiger charge is 2.23. The number of halogens is 1. The van der Waals surface area contributed by atoms with E-state index in [9.17, 15) is 5.11 Å². The summed E-state index contributed by atoms with van der Waals surface area (Å²) in [6.07, 6.45) is -1.18. The number of aliphatic hydroxyl groups excluding tert-OH is 1. The lowest BCUT2D eigenvalue weighted by molar-refractivity contribution is -0.104. The van der Waals surface area contributed by atoms with Crippen molar-refractivity contribution in [1.29, 1.82) is 0 Å². The standard InChI is InChI=1S/C12H15IO3/c1-9(13)11(14)12(16-8-15-2)10-6-4-3-5-7-10/h3-7,11-12,14H,1,8H2,2H3/t11-,12-/m0/s1. The molecule has 0 saturated carbocycles. The summed E-state index contributed by atoms with van der Waals surface area (Å²) in [7, 11) is 1.55. The van der Waals surface area contributed by atoms with Crippen molar-refractivity contribution in [1.82, 2.24) is 0 Å². The van der Waals surface area contributed by atoms with Gasteiger partial charge in [-0.15, -0.1) is 0 Å². The van der Waals surface area contributed by atoms with Crippen molar-refractivity contribution in [2.45, 2.75) is 12.2 Å². The maximum Gasteiger partial charge on any atom is 0.147 e. The first-order chi connectivity index (χ1) is 7.66. The third-order valence-corrected chi connectivity index (χ3v) is 2.74. The predicted octanol–water partition coefficient (Wildman–Crippen LogP) is 2.66. The summed E-state index contributed by atoms with van der Waals surface area (Å²) in [6, 6.07) is 9.54. The van der Waals surface area contributed by atoms with Crippen molar-refractivity contribution < 1.29 is 14.6 Å². The lowest BCUT2D eigenvalue weighted by Crippen LogP contribution is -2.22. The number of rotatable bonds is 6. The lowest BCUT2D eigenvalue weighted by atomic mass is 10.0. The fourth-order valence-corrected chi connectivity index (χ4v) is 1.64. The van der Waals surface area contributed by atoms with Gasteiger partial charge in [-0.05, 0) is 28.2 Å². The number of aliphatic hydroxyl groups is 1. The number of ether oxygens (including phenoxy) is 2. The maximum atomic E-state index is 9.98. The van der Waals surface area contributed by atoms with Crippen molar-refractivity contribution >= 4 is 22.6 Å². The molecule has 1 rings (SSSR count). The van der Waals surface area contributed by atoms with Gasteiger partial charge in [0.15, 0.2) is 0 Å². The van der Waals surface area contributed by atoms with Crippen molar-refractivity contribution in [3.63, 3.8) is 0 Å². The van der Waals surface area contributed by atoms with Crippen LogP contribution in [0.5, 0.6) is 0 Å². The van der Waals surface area contributed by atoms with Crippen LogP contribution in [0.4, 0.5) is 0 Å². The zero-order valence-electron chi connectivity index (χ0n) is 9.10. The van der Waals surface area contributed by atoms with Crippen LogP contribution in [0.2, 0.25) is 0 Å². The van der Waals surface area contributed by atoms with Crippen LogP contribution in [0.3, 0.4) is 0 Å². The van der Waals surface area contributed by atoms with Crippen LogP contribution in [-0.2, 0) is 9.47 Å². The molecule has 2 atom stereocenters. The first-order valence-electron chi connectivity index (χ1n) is 4.84. The molecule has 0 bridgehead atoms. The van der Waals surface area contributed by atoms with E-state index in [0.717, 1.165) is 5.56 Å². The Morgan fingerprint density at radius 1 is 1.44 bits per heavy atom. The summed E-state index contributed by atoms with van der Waals surface area (Å²) >= 11 is 2.00. The van der Waals surface area contributed by atoms with Crippen LogP contribution in [0.25, 0.3) is 0 Å². The van der Waals surface area contributed by atoms with Crippen LogP contribution in [0.15, 0.2) is 40.5 Å². The van der Waals surface area contributed by atoms with Crippen molar-refractivity contribution in [3.05, 3.63) is 46.1 Å². The van der Waals surface area contributed by atoms with E-state index in [1.807, 2.05) is 52.9 Å². The van der Waals surface area contributed by atoms with Crippen LogP contribution in [0, 0.1) is 0 Å². The molecule has 0 unspecified atom stereocenters. The molecule has 0 aliphatic heterocycles. The van der Waals surface area contributed by atoms with Gasteiger partial charge in [-0.25, -0.2) is 0 Å². The topological polar surface area (TPSA) is 38.7 Å². The molecule has 0 spiro atoms. The highest BCUT2D eigenvalue weighted by Crippen LogP contribution is 2.27. The molecule has 16 heavy (non-hydrogen) atoms. The van der Waals surface area contributed by atoms with Gasteiger partial charge >= 0.3 is 0 Å². The molecule has 0 aliphatic rings. The molecular weight excluding hydrogens is 319 g/mol. The van der Waals surface area contributed by atoms with E-state index in [0.29, 0.717) is 3.58 Å². The molecule has 0 aliphatic carbocycles. The summed E-state index contributed by atoms with van der Waals surface area (Å²) in [4.78, 5) is 0. The second-order valence-electron chi connectivity index (χ2n) is 3.30. The summed E-state index contributed by atoms with van der Waals surface area (Å²) in [5.74, 6) is 0. The van der Waals surface area contributed by atoms with Crippen LogP contribution >= 0.6 is 22.6 Å². The first kappa shape index (κ1) is 13.6. The molecule has 0 aromatic heterocycles. The van der Waals surface area contributed by atoms with Gasteiger partial charge in [0.05, 0.1) is 0 Å². The fraction of sp³-hybridized carbons (Fsp3) is 0.333. The number of methoxy groups -OCH3 is 1. The van der Waals surface area contributed by atoms with Gasteiger partial charge in [0.2, 0.25) is 0 Å². The molecule has 88 valence electrons. The molecule has 0 saturated heterocycles. The third-order valence-electron chi connectivity index (χ3n) is 2.10. The van der Waals surface area contributed by atoms with E-state index in [1.165, 1.54) is 0 Å². The van der Waals surface area contributed by atoms with E-state index >= 15 is 0 Å². The molecule has 0 amide bonds. The van der Waals surface area contributed by atoms with Gasteiger partial charge in [-0.1, -0.05) is 36.9 Å². The Labute approximate surface area is 109 Å². The van der Waals surface area contributed by atoms with E-state index in [4.69, 9.17) is 9.47 Å². The second-order valence-corrected chi connectivity index (χ2v) is 4.68. The molecule has 1 aromatic carbocycles. The van der Waals surface area contributed by atoms with E-state index in [2.05, 4.69) is 6.58 Å². The Kier molecular flexibility index (Phi) is 5.97. The Balaban J connectivity index is 2.83. The highest BCUT2D eigenvalue weighted by atomic mass is 127. The SMILES string of the molecule is C=C(I)[C@H](O)[C@@H](OCOC)c1ccccc1. The minimum absolute atomic E-state index is 0.139. The van der Waals surface area contributed by atoms with Crippen molar-refractivity contribution in [3.8, 4) is 0 Å². The maximum absolute atomic E-state index is 9.98. The summed E-state index contributed by atoms with van der Waals surface area (Å²) < 4.78 is 11.0. The highest BCUT2D eigenvalue weighted by molar-refractivity contribution is 14.1. The molecule has 0 fully saturated rings. The van der Waals surface area contributed by atoms with Gasteiger partial charge in [-0.2, -0.15) is 0 Å². The molecule has 0 radical (unpaired) electrons. The largest absolute Gasteiger partial charge is 0.385 e. The third kappa shape index (κ3) is 3.86. The van der Waals surface area contributed by atoms with Gasteiger partial charge in [0.25, 0.3) is 0 Å². The lowest BCUT2D eigenvalue weighted by Gasteiger charge is -2.22. The van der Waals surface area contributed by atoms with Gasteiger partial charge in [-0.3, -0.25) is 0 Å². The zero-order chi connectivity index (χ0) is 12.0. The van der Waals surface area contributed by atoms with E-state index in [1.54, 1.807) is 7.11 Å². The molecule has 0 heterocycles. The minimum Gasteiger partial charge on any atom is -0.385 e. The molecule has 1 N–H and O–H groups in total. The van der Waals surface area contributed by atoms with E-state index < -0.39 is 12.2 Å². The second kappa shape index (κ2) is 7.01. The molecule has 1 aromatic rings. The van der Waals surface area contributed by atoms with Crippen molar-refractivity contribution in [2.24, 2.45) is 0 Å². The summed E-state index contributed by atoms with van der Waals surface area (Å²) in [6.45, 7) is 3.86. The van der Waals surface area contributed by atoms with Crippen LogP contribution in [-0.4, -0.2) is 25.1 Å². The van der Waals surface area contributed by atoms with Gasteiger partial charge < -0.3 is 14.6 Å². The Bertz CT molecular complexity index is 326. The number of hydrogen-bond donors (Lipinski definition) is 1. The summed E-state index contributed by atoms with van der Waals surface area (Å²) in [5.41, 5.74) is 0.907. The average Bonchev–Trinajstić information content (AvgIpc) is 2.30. The van der Waals surface area contributed by atoms with Crippen LogP contribution < -0.4 is 0 Å². The Hall–Kier alpha value is -0.430. The summed E-state index contributed by atoms with van der Waals surface area (Å²) in [5, 5.41) is 9.98. The van der Waals surface area contributed by atoms with E-state index in [-0.39, 0.29) is 6.79 Å². The smallest absolute Gasteiger partial charge is 0.147 e. The number of hydrogen-bond acceptors (Lipinski definition) is 3. The normalized spacial score (nSPS) is 14.4. The quantitative estimate of drug-likeness (QED) is 0.642. The zero-order valence-corrected chi connectivity index (χ0v) is 11.3. The fourth-order valence-electron chi connectivity index (χ4n) is 1.32. The molecule has 3 nitrogen and oxygen atoms in total. The first-order valence-corrected chi connectivity index (χ1v) is 5.92. The van der Waals surface area contributed by atoms with Gasteiger partial charge in [0, 0.05) is 10.7 Å². The molecule has 4 heteroatoms. The molecular formula is C12H15IO3. The number of benzene rings is 1. The Morgan fingerprint density at radius 2 is 2.06 bits per heavy atom. The van der Waals surface area contributed by atoms with Gasteiger partial charge in [0.1, 0.15) is 19.0 Å². The Morgan fingerprint density at radius 3 is 2.56 bits per heavy atom. The average molecular weight is 334 g/mol.